The van der Waals surface area contributed by atoms with Crippen molar-refractivity contribution in [2.75, 3.05) is 10.5 Å². The van der Waals surface area contributed by atoms with Gasteiger partial charge < -0.3 is 10.8 Å². The minimum Gasteiger partial charge on any atom is -0.508 e. The number of rotatable bonds is 3. The second-order valence-electron chi connectivity index (χ2n) is 4.47. The predicted molar refractivity (Wildman–Crippen MR) is 79.2 cm³/mol. The molecule has 0 atom stereocenters. The lowest BCUT2D eigenvalue weighted by Gasteiger charge is -2.12. The van der Waals surface area contributed by atoms with E-state index in [0.29, 0.717) is 11.1 Å². The Morgan fingerprint density at radius 2 is 1.95 bits per heavy atom. The number of sulfonamides is 1. The van der Waals surface area contributed by atoms with E-state index in [9.17, 15) is 13.5 Å². The second kappa shape index (κ2) is 5.34. The van der Waals surface area contributed by atoms with E-state index >= 15 is 0 Å². The molecule has 2 aromatic rings. The van der Waals surface area contributed by atoms with Gasteiger partial charge in [-0.25, -0.2) is 8.42 Å². The molecule has 0 saturated heterocycles. The minimum absolute atomic E-state index is 0.0509. The highest BCUT2D eigenvalue weighted by atomic mass is 32.2. The van der Waals surface area contributed by atoms with Gasteiger partial charge in [-0.15, -0.1) is 0 Å². The summed E-state index contributed by atoms with van der Waals surface area (Å²) in [6, 6.07) is 10.2. The molecule has 7 heteroatoms. The van der Waals surface area contributed by atoms with Crippen molar-refractivity contribution in [2.24, 2.45) is 0 Å². The maximum Gasteiger partial charge on any atom is 0.262 e. The highest BCUT2D eigenvalue weighted by molar-refractivity contribution is 7.92. The van der Waals surface area contributed by atoms with Gasteiger partial charge in [0.1, 0.15) is 5.75 Å². The third-order valence-corrected chi connectivity index (χ3v) is 4.40. The van der Waals surface area contributed by atoms with Crippen LogP contribution in [0.4, 0.5) is 11.4 Å². The van der Waals surface area contributed by atoms with Gasteiger partial charge >= 0.3 is 0 Å². The number of aromatic hydroxyl groups is 1. The molecule has 4 N–H and O–H groups in total. The lowest BCUT2D eigenvalue weighted by atomic mass is 10.2. The zero-order chi connectivity index (χ0) is 15.6. The van der Waals surface area contributed by atoms with Crippen LogP contribution >= 0.6 is 0 Å². The van der Waals surface area contributed by atoms with E-state index in [1.807, 2.05) is 6.07 Å². The molecule has 21 heavy (non-hydrogen) atoms. The molecule has 2 rings (SSSR count). The van der Waals surface area contributed by atoms with Crippen molar-refractivity contribution < 1.29 is 13.5 Å². The van der Waals surface area contributed by atoms with Crippen LogP contribution in [0.5, 0.6) is 5.75 Å². The molecular formula is C14H13N3O3S. The predicted octanol–water partition coefficient (Wildman–Crippen LogP) is 1.96. The van der Waals surface area contributed by atoms with Crippen molar-refractivity contribution in [1.82, 2.24) is 0 Å². The number of nitrogens with zero attached hydrogens (tertiary/aromatic N) is 1. The Labute approximate surface area is 122 Å². The van der Waals surface area contributed by atoms with Gasteiger partial charge in [-0.1, -0.05) is 0 Å². The van der Waals surface area contributed by atoms with Crippen molar-refractivity contribution >= 4 is 21.4 Å². The lowest BCUT2D eigenvalue weighted by molar-refractivity contribution is 0.475. The molecule has 0 unspecified atom stereocenters. The van der Waals surface area contributed by atoms with Gasteiger partial charge in [0.05, 0.1) is 27.9 Å². The summed E-state index contributed by atoms with van der Waals surface area (Å²) in [6.07, 6.45) is 0. The maximum atomic E-state index is 12.3. The Kier molecular flexibility index (Phi) is 3.74. The summed E-state index contributed by atoms with van der Waals surface area (Å²) in [7, 11) is -3.83. The number of anilines is 2. The first-order valence-electron chi connectivity index (χ1n) is 5.95. The molecule has 0 spiro atoms. The van der Waals surface area contributed by atoms with Crippen LogP contribution in [-0.4, -0.2) is 13.5 Å². The largest absolute Gasteiger partial charge is 0.508 e. The van der Waals surface area contributed by atoms with Gasteiger partial charge in [0.25, 0.3) is 10.0 Å². The molecule has 0 bridgehead atoms. The number of phenolic OH excluding ortho intramolecular Hbond substituents is 1. The normalized spacial score (nSPS) is 10.9. The van der Waals surface area contributed by atoms with Gasteiger partial charge in [0.15, 0.2) is 0 Å². The Balaban J connectivity index is 2.41. The Hall–Kier alpha value is -2.72. The average molecular weight is 303 g/mol. The molecule has 0 radical (unpaired) electrons. The van der Waals surface area contributed by atoms with Crippen molar-refractivity contribution in [1.29, 1.82) is 5.26 Å². The molecule has 0 amide bonds. The summed E-state index contributed by atoms with van der Waals surface area (Å²) in [5, 5.41) is 18.1. The zero-order valence-corrected chi connectivity index (χ0v) is 12.0. The van der Waals surface area contributed by atoms with Crippen molar-refractivity contribution in [3.8, 4) is 11.8 Å². The summed E-state index contributed by atoms with van der Waals surface area (Å²) < 4.78 is 27.1. The summed E-state index contributed by atoms with van der Waals surface area (Å²) in [6.45, 7) is 1.61. The van der Waals surface area contributed by atoms with E-state index in [-0.39, 0.29) is 22.0 Å². The van der Waals surface area contributed by atoms with Gasteiger partial charge in [0.2, 0.25) is 0 Å². The van der Waals surface area contributed by atoms with Crippen LogP contribution < -0.4 is 10.5 Å². The fraction of sp³-hybridized carbons (Fsp3) is 0.0714. The van der Waals surface area contributed by atoms with Crippen molar-refractivity contribution in [2.45, 2.75) is 11.8 Å². The quantitative estimate of drug-likeness (QED) is 0.592. The molecule has 0 aromatic heterocycles. The van der Waals surface area contributed by atoms with Crippen LogP contribution in [-0.2, 0) is 10.0 Å². The summed E-state index contributed by atoms with van der Waals surface area (Å²) in [4.78, 5) is 0.0639. The zero-order valence-electron chi connectivity index (χ0n) is 11.2. The van der Waals surface area contributed by atoms with E-state index in [1.165, 1.54) is 36.4 Å². The summed E-state index contributed by atoms with van der Waals surface area (Å²) in [5.74, 6) is -0.0509. The summed E-state index contributed by atoms with van der Waals surface area (Å²) >= 11 is 0. The van der Waals surface area contributed by atoms with Crippen molar-refractivity contribution in [3.05, 3.63) is 47.5 Å². The molecule has 0 fully saturated rings. The van der Waals surface area contributed by atoms with E-state index < -0.39 is 10.0 Å². The van der Waals surface area contributed by atoms with Gasteiger partial charge in [-0.05, 0) is 42.8 Å². The smallest absolute Gasteiger partial charge is 0.262 e. The van der Waals surface area contributed by atoms with Crippen LogP contribution in [0.15, 0.2) is 41.3 Å². The highest BCUT2D eigenvalue weighted by Gasteiger charge is 2.18. The van der Waals surface area contributed by atoms with E-state index in [1.54, 1.807) is 6.92 Å². The fourth-order valence-electron chi connectivity index (χ4n) is 1.86. The first-order chi connectivity index (χ1) is 9.83. The topological polar surface area (TPSA) is 116 Å². The lowest BCUT2D eigenvalue weighted by Crippen LogP contribution is -2.15. The number of phenols is 1. The molecule has 0 aliphatic carbocycles. The average Bonchev–Trinajstić information content (AvgIpc) is 2.41. The van der Waals surface area contributed by atoms with Crippen molar-refractivity contribution in [3.63, 3.8) is 0 Å². The Morgan fingerprint density at radius 1 is 1.24 bits per heavy atom. The van der Waals surface area contributed by atoms with Crippen LogP contribution in [0.1, 0.15) is 11.1 Å². The van der Waals surface area contributed by atoms with E-state index in [2.05, 4.69) is 4.72 Å². The standard InChI is InChI=1S/C14H13N3O3S/c1-9-6-10(8-15)2-5-14(9)21(19,20)17-13-4-3-11(18)7-12(13)16/h2-7,17-18H,16H2,1H3. The minimum atomic E-state index is -3.83. The number of nitrogens with two attached hydrogens (primary N) is 1. The SMILES string of the molecule is Cc1cc(C#N)ccc1S(=O)(=O)Nc1ccc(O)cc1N. The number of nitriles is 1. The van der Waals surface area contributed by atoms with Gasteiger partial charge in [-0.3, -0.25) is 4.72 Å². The number of hydrogen-bond donors (Lipinski definition) is 3. The first kappa shape index (κ1) is 14.7. The first-order valence-corrected chi connectivity index (χ1v) is 7.44. The molecular weight excluding hydrogens is 290 g/mol. The number of nitrogens with one attached hydrogen (secondary N) is 1. The number of benzene rings is 2. The van der Waals surface area contributed by atoms with E-state index in [4.69, 9.17) is 11.0 Å². The third-order valence-electron chi connectivity index (χ3n) is 2.87. The molecule has 2 aromatic carbocycles. The summed E-state index contributed by atoms with van der Waals surface area (Å²) in [5.41, 5.74) is 6.80. The maximum absolute atomic E-state index is 12.3. The third kappa shape index (κ3) is 3.07. The van der Waals surface area contributed by atoms with Gasteiger partial charge in [-0.2, -0.15) is 5.26 Å². The Bertz CT molecular complexity index is 839. The molecule has 0 aliphatic rings. The molecule has 0 aliphatic heterocycles. The van der Waals surface area contributed by atoms with Crippen LogP contribution in [0.3, 0.4) is 0 Å². The number of nitrogen functional groups attached to an aromatic ring is 1. The molecule has 0 saturated carbocycles. The monoisotopic (exact) mass is 303 g/mol. The van der Waals surface area contributed by atoms with Crippen LogP contribution in [0.2, 0.25) is 0 Å². The Morgan fingerprint density at radius 3 is 2.52 bits per heavy atom. The fourth-order valence-corrected chi connectivity index (χ4v) is 3.18. The molecule has 6 nitrogen and oxygen atoms in total. The van der Waals surface area contributed by atoms with Crippen LogP contribution in [0, 0.1) is 18.3 Å². The number of hydrogen-bond acceptors (Lipinski definition) is 5. The van der Waals surface area contributed by atoms with Gasteiger partial charge in [0, 0.05) is 6.07 Å². The van der Waals surface area contributed by atoms with E-state index in [0.717, 1.165) is 0 Å². The van der Waals surface area contributed by atoms with Crippen LogP contribution in [0.25, 0.3) is 0 Å². The molecule has 108 valence electrons. The molecule has 0 heterocycles. The number of aryl methyl sites for hydroxylation is 1. The second-order valence-corrected chi connectivity index (χ2v) is 6.12. The highest BCUT2D eigenvalue weighted by Crippen LogP contribution is 2.27.